The molecule has 7 heteroatoms. The molecule has 0 radical (unpaired) electrons. The predicted octanol–water partition coefficient (Wildman–Crippen LogP) is 0.931. The number of nitrogens with two attached hydrogens (primary N) is 1. The van der Waals surface area contributed by atoms with Crippen LogP contribution in [0.3, 0.4) is 0 Å². The van der Waals surface area contributed by atoms with Gasteiger partial charge in [-0.05, 0) is 12.5 Å². The van der Waals surface area contributed by atoms with Gasteiger partial charge in [-0.25, -0.2) is 9.93 Å². The molecule has 16 heavy (non-hydrogen) atoms. The summed E-state index contributed by atoms with van der Waals surface area (Å²) < 4.78 is 22.4. The molecule has 1 rings (SSSR count). The minimum atomic E-state index is -4.28. The summed E-state index contributed by atoms with van der Waals surface area (Å²) in [7, 11) is -4.28. The quantitative estimate of drug-likeness (QED) is 0.825. The lowest BCUT2D eigenvalue weighted by molar-refractivity contribution is 0.163. The first-order chi connectivity index (χ1) is 7.34. The van der Waals surface area contributed by atoms with Gasteiger partial charge in [-0.3, -0.25) is 0 Å². The van der Waals surface area contributed by atoms with Crippen molar-refractivity contribution in [2.24, 2.45) is 5.14 Å². The Labute approximate surface area is 93.5 Å². The highest BCUT2D eigenvalue weighted by Crippen LogP contribution is 2.21. The molecule has 0 fully saturated rings. The Morgan fingerprint density at radius 3 is 2.25 bits per heavy atom. The first kappa shape index (κ1) is 12.5. The number of carbonyl (C=O) groups is 1. The van der Waals surface area contributed by atoms with Crippen LogP contribution in [0.4, 0.5) is 4.79 Å². The number of rotatable bonds is 3. The van der Waals surface area contributed by atoms with E-state index in [-0.39, 0.29) is 4.31 Å². The molecule has 0 saturated heterocycles. The molecule has 0 aliphatic carbocycles. The van der Waals surface area contributed by atoms with Gasteiger partial charge in [0, 0.05) is 0 Å². The summed E-state index contributed by atoms with van der Waals surface area (Å²) in [4.78, 5) is 10.8. The zero-order valence-electron chi connectivity index (χ0n) is 8.57. The van der Waals surface area contributed by atoms with Crippen molar-refractivity contribution in [3.63, 3.8) is 0 Å². The average molecular weight is 244 g/mol. The van der Waals surface area contributed by atoms with E-state index in [4.69, 9.17) is 10.2 Å². The third kappa shape index (κ3) is 2.71. The van der Waals surface area contributed by atoms with Gasteiger partial charge in [0.15, 0.2) is 0 Å². The van der Waals surface area contributed by atoms with Gasteiger partial charge >= 0.3 is 16.3 Å². The van der Waals surface area contributed by atoms with Gasteiger partial charge in [0.05, 0.1) is 6.04 Å². The van der Waals surface area contributed by atoms with E-state index in [1.807, 2.05) is 0 Å². The zero-order chi connectivity index (χ0) is 12.3. The van der Waals surface area contributed by atoms with Crippen LogP contribution in [-0.4, -0.2) is 23.9 Å². The highest BCUT2D eigenvalue weighted by molar-refractivity contribution is 7.87. The Hall–Kier alpha value is -1.60. The van der Waals surface area contributed by atoms with E-state index in [0.717, 1.165) is 0 Å². The van der Waals surface area contributed by atoms with E-state index in [0.29, 0.717) is 5.56 Å². The summed E-state index contributed by atoms with van der Waals surface area (Å²) in [5.41, 5.74) is 0.555. The molecule has 0 heterocycles. The fraction of sp³-hybridized carbons (Fsp3) is 0.222. The molecule has 6 nitrogen and oxygen atoms in total. The maximum absolute atomic E-state index is 11.1. The first-order valence-electron chi connectivity index (χ1n) is 4.44. The van der Waals surface area contributed by atoms with Crippen molar-refractivity contribution in [3.8, 4) is 0 Å². The van der Waals surface area contributed by atoms with Gasteiger partial charge in [-0.15, -0.1) is 0 Å². The Morgan fingerprint density at radius 1 is 1.38 bits per heavy atom. The van der Waals surface area contributed by atoms with E-state index in [1.54, 1.807) is 30.3 Å². The summed E-state index contributed by atoms with van der Waals surface area (Å²) in [6.07, 6.45) is -1.60. The van der Waals surface area contributed by atoms with E-state index in [9.17, 15) is 13.2 Å². The number of benzene rings is 1. The van der Waals surface area contributed by atoms with E-state index in [2.05, 4.69) is 0 Å². The van der Waals surface area contributed by atoms with Crippen molar-refractivity contribution in [1.82, 2.24) is 4.31 Å². The molecular weight excluding hydrogens is 232 g/mol. The molecule has 1 atom stereocenters. The van der Waals surface area contributed by atoms with Gasteiger partial charge in [0.2, 0.25) is 0 Å². The van der Waals surface area contributed by atoms with Crippen LogP contribution >= 0.6 is 0 Å². The average Bonchev–Trinajstić information content (AvgIpc) is 2.16. The number of hydrogen-bond acceptors (Lipinski definition) is 3. The fourth-order valence-electron chi connectivity index (χ4n) is 1.36. The highest BCUT2D eigenvalue weighted by atomic mass is 32.2. The lowest BCUT2D eigenvalue weighted by Gasteiger charge is -2.23. The van der Waals surface area contributed by atoms with Crippen LogP contribution in [0.25, 0.3) is 0 Å². The van der Waals surface area contributed by atoms with Crippen molar-refractivity contribution in [2.75, 3.05) is 0 Å². The molecule has 0 saturated carbocycles. The van der Waals surface area contributed by atoms with E-state index in [1.165, 1.54) is 6.92 Å². The Morgan fingerprint density at radius 2 is 1.88 bits per heavy atom. The van der Waals surface area contributed by atoms with Gasteiger partial charge in [0.1, 0.15) is 0 Å². The van der Waals surface area contributed by atoms with Crippen LogP contribution in [0.2, 0.25) is 0 Å². The van der Waals surface area contributed by atoms with Gasteiger partial charge in [0.25, 0.3) is 0 Å². The molecule has 1 unspecified atom stereocenters. The molecule has 0 spiro atoms. The molecule has 1 amide bonds. The third-order valence-electron chi connectivity index (χ3n) is 2.10. The molecule has 0 aliphatic rings. The maximum atomic E-state index is 11.1. The zero-order valence-corrected chi connectivity index (χ0v) is 9.39. The first-order valence-corrected chi connectivity index (χ1v) is 5.94. The fourth-order valence-corrected chi connectivity index (χ4v) is 2.14. The number of nitrogens with zero attached hydrogens (tertiary/aromatic N) is 1. The molecule has 0 aliphatic heterocycles. The third-order valence-corrected chi connectivity index (χ3v) is 3.12. The normalized spacial score (nSPS) is 13.1. The molecular formula is C9H12N2O4S. The van der Waals surface area contributed by atoms with Crippen molar-refractivity contribution in [2.45, 2.75) is 13.0 Å². The molecule has 0 aromatic heterocycles. The molecule has 3 N–H and O–H groups in total. The largest absolute Gasteiger partial charge is 0.464 e. The second kappa shape index (κ2) is 4.50. The number of carboxylic acid groups (broad SMARTS) is 1. The summed E-state index contributed by atoms with van der Waals surface area (Å²) in [5, 5.41) is 13.6. The summed E-state index contributed by atoms with van der Waals surface area (Å²) >= 11 is 0. The monoisotopic (exact) mass is 244 g/mol. The Balaban J connectivity index is 3.12. The maximum Gasteiger partial charge on any atom is 0.422 e. The number of hydrogen-bond donors (Lipinski definition) is 2. The molecule has 1 aromatic rings. The van der Waals surface area contributed by atoms with E-state index >= 15 is 0 Å². The van der Waals surface area contributed by atoms with Gasteiger partial charge in [-0.2, -0.15) is 12.7 Å². The van der Waals surface area contributed by atoms with E-state index < -0.39 is 22.3 Å². The lowest BCUT2D eigenvalue weighted by atomic mass is 10.1. The second-order valence-corrected chi connectivity index (χ2v) is 4.63. The highest BCUT2D eigenvalue weighted by Gasteiger charge is 2.29. The summed E-state index contributed by atoms with van der Waals surface area (Å²) in [6, 6.07) is 7.54. The molecule has 88 valence electrons. The van der Waals surface area contributed by atoms with Gasteiger partial charge < -0.3 is 5.11 Å². The van der Waals surface area contributed by atoms with Crippen LogP contribution in [0.15, 0.2) is 30.3 Å². The SMILES string of the molecule is CC(c1ccccc1)N(C(=O)O)S(N)(=O)=O. The molecule has 1 aromatic carbocycles. The van der Waals surface area contributed by atoms with Gasteiger partial charge in [-0.1, -0.05) is 30.3 Å². The van der Waals surface area contributed by atoms with Crippen LogP contribution in [0.5, 0.6) is 0 Å². The smallest absolute Gasteiger partial charge is 0.422 e. The number of amides is 1. The van der Waals surface area contributed by atoms with Crippen molar-refractivity contribution in [3.05, 3.63) is 35.9 Å². The minimum Gasteiger partial charge on any atom is -0.464 e. The topological polar surface area (TPSA) is 101 Å². The summed E-state index contributed by atoms with van der Waals surface area (Å²) in [5.74, 6) is 0. The standard InChI is InChI=1S/C9H12N2O4S/c1-7(8-5-3-2-4-6-8)11(9(12)13)16(10,14)15/h2-7H,1H3,(H,12,13)(H2,10,14,15). The van der Waals surface area contributed by atoms with Crippen molar-refractivity contribution in [1.29, 1.82) is 0 Å². The van der Waals surface area contributed by atoms with Crippen LogP contribution in [-0.2, 0) is 10.2 Å². The Kier molecular flexibility index (Phi) is 3.51. The molecule has 0 bridgehead atoms. The minimum absolute atomic E-state index is 0.225. The van der Waals surface area contributed by atoms with Crippen LogP contribution in [0.1, 0.15) is 18.5 Å². The second-order valence-electron chi connectivity index (χ2n) is 3.21. The van der Waals surface area contributed by atoms with Crippen LogP contribution < -0.4 is 5.14 Å². The lowest BCUT2D eigenvalue weighted by Crippen LogP contribution is -2.42. The Bertz CT molecular complexity index is 472. The van der Waals surface area contributed by atoms with Crippen molar-refractivity contribution < 1.29 is 18.3 Å². The van der Waals surface area contributed by atoms with Crippen molar-refractivity contribution >= 4 is 16.3 Å². The predicted molar refractivity (Wildman–Crippen MR) is 57.8 cm³/mol. The van der Waals surface area contributed by atoms with Crippen LogP contribution in [0, 0.1) is 0 Å². The summed E-state index contributed by atoms with van der Waals surface area (Å²) in [6.45, 7) is 1.45.